The predicted octanol–water partition coefficient (Wildman–Crippen LogP) is 4.43. The molecular formula is C24H20Cl2N2O4. The molecule has 32 heavy (non-hydrogen) atoms. The minimum absolute atomic E-state index is 0.144. The number of carbonyl (C=O) groups excluding carboxylic acids is 4. The maximum Gasteiger partial charge on any atom is 0.273 e. The number of ketones is 1. The van der Waals surface area contributed by atoms with Gasteiger partial charge in [0, 0.05) is 21.2 Å². The first-order valence-electron chi connectivity index (χ1n) is 10.2. The Morgan fingerprint density at radius 2 is 1.50 bits per heavy atom. The summed E-state index contributed by atoms with van der Waals surface area (Å²) >= 11 is 11.8. The highest BCUT2D eigenvalue weighted by Gasteiger charge is 2.53. The van der Waals surface area contributed by atoms with Gasteiger partial charge in [-0.3, -0.25) is 19.2 Å². The highest BCUT2D eigenvalue weighted by atomic mass is 35.5. The van der Waals surface area contributed by atoms with E-state index in [1.165, 1.54) is 36.4 Å². The largest absolute Gasteiger partial charge is 0.292 e. The van der Waals surface area contributed by atoms with Gasteiger partial charge in [-0.15, -0.1) is 0 Å². The van der Waals surface area contributed by atoms with Crippen molar-refractivity contribution >= 4 is 46.7 Å². The summed E-state index contributed by atoms with van der Waals surface area (Å²) in [5.41, 5.74) is 0.523. The Labute approximate surface area is 195 Å². The normalized spacial score (nSPS) is 22.1. The zero-order valence-electron chi connectivity index (χ0n) is 17.2. The number of imide groups is 1. The molecule has 2 aromatic rings. The first-order chi connectivity index (χ1) is 15.3. The van der Waals surface area contributed by atoms with Crippen molar-refractivity contribution in [1.82, 2.24) is 10.0 Å². The van der Waals surface area contributed by atoms with Crippen LogP contribution in [-0.4, -0.2) is 40.1 Å². The molecule has 3 atom stereocenters. The first-order valence-corrected chi connectivity index (χ1v) is 10.9. The maximum absolute atomic E-state index is 13.4. The van der Waals surface area contributed by atoms with E-state index in [1.807, 2.05) is 19.1 Å². The van der Waals surface area contributed by atoms with Crippen LogP contribution in [0.25, 0.3) is 0 Å². The summed E-state index contributed by atoms with van der Waals surface area (Å²) in [4.78, 5) is 52.9. The zero-order chi connectivity index (χ0) is 23.0. The van der Waals surface area contributed by atoms with Crippen LogP contribution in [0.1, 0.15) is 34.1 Å². The van der Waals surface area contributed by atoms with Gasteiger partial charge in [0.25, 0.3) is 17.7 Å². The number of hydrogen-bond acceptors (Lipinski definition) is 4. The Hall–Kier alpha value is -2.96. The fraction of sp³-hybridized carbons (Fsp3) is 0.250. The Kier molecular flexibility index (Phi) is 6.17. The van der Waals surface area contributed by atoms with E-state index >= 15 is 0 Å². The van der Waals surface area contributed by atoms with Crippen LogP contribution in [0.2, 0.25) is 10.0 Å². The minimum Gasteiger partial charge on any atom is -0.292 e. The van der Waals surface area contributed by atoms with E-state index in [9.17, 15) is 19.2 Å². The topological polar surface area (TPSA) is 74.8 Å². The van der Waals surface area contributed by atoms with Gasteiger partial charge < -0.3 is 0 Å². The second-order valence-corrected chi connectivity index (χ2v) is 8.82. The quantitative estimate of drug-likeness (QED) is 0.368. The third-order valence-electron chi connectivity index (χ3n) is 5.88. The highest BCUT2D eigenvalue weighted by Crippen LogP contribution is 2.39. The van der Waals surface area contributed by atoms with Gasteiger partial charge in [0.15, 0.2) is 5.78 Å². The molecular weight excluding hydrogens is 451 g/mol. The van der Waals surface area contributed by atoms with Crippen LogP contribution < -0.4 is 0 Å². The van der Waals surface area contributed by atoms with Gasteiger partial charge in [0.2, 0.25) is 0 Å². The number of hydrazine groups is 1. The summed E-state index contributed by atoms with van der Waals surface area (Å²) in [6, 6.07) is 12.3. The molecule has 0 saturated carbocycles. The molecule has 4 rings (SSSR count). The van der Waals surface area contributed by atoms with E-state index in [0.717, 1.165) is 10.0 Å². The SMILES string of the molecule is C[C@@H]1C=CC[C@H]2C(=O)N(N(CC(=O)c3ccc(Cl)cc3)C(=O)c3ccc(Cl)cc3)C(=O)[C@H]12. The van der Waals surface area contributed by atoms with Crippen LogP contribution in [0.3, 0.4) is 0 Å². The van der Waals surface area contributed by atoms with Crippen molar-refractivity contribution in [3.05, 3.63) is 81.9 Å². The summed E-state index contributed by atoms with van der Waals surface area (Å²) in [5, 5.41) is 2.72. The van der Waals surface area contributed by atoms with Crippen LogP contribution in [-0.2, 0) is 9.59 Å². The fourth-order valence-electron chi connectivity index (χ4n) is 4.21. The summed E-state index contributed by atoms with van der Waals surface area (Å²) in [6.07, 6.45) is 4.20. The molecule has 1 fully saturated rings. The van der Waals surface area contributed by atoms with Crippen molar-refractivity contribution in [3.8, 4) is 0 Å². The summed E-state index contributed by atoms with van der Waals surface area (Å²) in [6.45, 7) is 1.40. The molecule has 8 heteroatoms. The highest BCUT2D eigenvalue weighted by molar-refractivity contribution is 6.31. The number of allylic oxidation sites excluding steroid dienone is 2. The number of Topliss-reactive ketones (excluding diaryl/α,β-unsaturated/α-hetero) is 1. The van der Waals surface area contributed by atoms with Crippen LogP contribution in [0.5, 0.6) is 0 Å². The van der Waals surface area contributed by atoms with Crippen molar-refractivity contribution in [2.75, 3.05) is 6.54 Å². The van der Waals surface area contributed by atoms with Gasteiger partial charge >= 0.3 is 0 Å². The zero-order valence-corrected chi connectivity index (χ0v) is 18.7. The lowest BCUT2D eigenvalue weighted by Crippen LogP contribution is -2.52. The van der Waals surface area contributed by atoms with E-state index in [2.05, 4.69) is 0 Å². The number of benzene rings is 2. The number of hydrogen-bond donors (Lipinski definition) is 0. The predicted molar refractivity (Wildman–Crippen MR) is 120 cm³/mol. The van der Waals surface area contributed by atoms with E-state index < -0.39 is 41.9 Å². The van der Waals surface area contributed by atoms with Crippen molar-refractivity contribution < 1.29 is 19.2 Å². The molecule has 1 heterocycles. The molecule has 0 bridgehead atoms. The summed E-state index contributed by atoms with van der Waals surface area (Å²) < 4.78 is 0. The van der Waals surface area contributed by atoms with E-state index in [1.54, 1.807) is 12.1 Å². The van der Waals surface area contributed by atoms with Crippen LogP contribution in [0.15, 0.2) is 60.7 Å². The molecule has 0 N–H and O–H groups in total. The molecule has 0 aromatic heterocycles. The Bertz CT molecular complexity index is 1110. The van der Waals surface area contributed by atoms with Gasteiger partial charge in [-0.2, -0.15) is 5.01 Å². The number of nitrogens with zero attached hydrogens (tertiary/aromatic N) is 2. The molecule has 164 valence electrons. The van der Waals surface area contributed by atoms with Crippen molar-refractivity contribution in [2.45, 2.75) is 13.3 Å². The number of rotatable bonds is 5. The minimum atomic E-state index is -0.634. The lowest BCUT2D eigenvalue weighted by molar-refractivity contribution is -0.154. The molecule has 6 nitrogen and oxygen atoms in total. The van der Waals surface area contributed by atoms with Crippen molar-refractivity contribution in [3.63, 3.8) is 0 Å². The summed E-state index contributed by atoms with van der Waals surface area (Å²) in [7, 11) is 0. The molecule has 0 unspecified atom stereocenters. The van der Waals surface area contributed by atoms with Gasteiger partial charge in [-0.05, 0) is 60.9 Å². The van der Waals surface area contributed by atoms with Crippen molar-refractivity contribution in [1.29, 1.82) is 0 Å². The second kappa shape index (κ2) is 8.88. The Morgan fingerprint density at radius 1 is 0.938 bits per heavy atom. The average molecular weight is 471 g/mol. The summed E-state index contributed by atoms with van der Waals surface area (Å²) in [5.74, 6) is -3.25. The first kappa shape index (κ1) is 22.2. The number of amides is 3. The molecule has 2 aromatic carbocycles. The van der Waals surface area contributed by atoms with Gasteiger partial charge in [0.05, 0.1) is 11.8 Å². The van der Waals surface area contributed by atoms with Crippen molar-refractivity contribution in [2.24, 2.45) is 17.8 Å². The third kappa shape index (κ3) is 4.08. The van der Waals surface area contributed by atoms with E-state index in [-0.39, 0.29) is 11.5 Å². The number of halogens is 2. The fourth-order valence-corrected chi connectivity index (χ4v) is 4.46. The van der Waals surface area contributed by atoms with E-state index in [0.29, 0.717) is 22.0 Å². The van der Waals surface area contributed by atoms with Crippen LogP contribution in [0, 0.1) is 17.8 Å². The standard InChI is InChI=1S/C24H20Cl2N2O4/c1-14-3-2-4-19-21(14)24(32)28(23(19)31)27(22(30)16-7-11-18(26)12-8-16)13-20(29)15-5-9-17(25)10-6-15/h2-3,5-12,14,19,21H,4,13H2,1H3/t14-,19-,21-/m1/s1. The lowest BCUT2D eigenvalue weighted by Gasteiger charge is -2.30. The molecule has 1 aliphatic heterocycles. The average Bonchev–Trinajstić information content (AvgIpc) is 3.03. The third-order valence-corrected chi connectivity index (χ3v) is 6.38. The molecule has 1 saturated heterocycles. The monoisotopic (exact) mass is 470 g/mol. The number of carbonyl (C=O) groups is 4. The van der Waals surface area contributed by atoms with Crippen LogP contribution in [0.4, 0.5) is 0 Å². The smallest absolute Gasteiger partial charge is 0.273 e. The Balaban J connectivity index is 1.70. The van der Waals surface area contributed by atoms with Gasteiger partial charge in [-0.1, -0.05) is 42.3 Å². The van der Waals surface area contributed by atoms with Crippen LogP contribution >= 0.6 is 23.2 Å². The maximum atomic E-state index is 13.4. The second-order valence-electron chi connectivity index (χ2n) is 7.94. The Morgan fingerprint density at radius 3 is 2.06 bits per heavy atom. The molecule has 1 aliphatic carbocycles. The molecule has 0 radical (unpaired) electrons. The van der Waals surface area contributed by atoms with E-state index in [4.69, 9.17) is 23.2 Å². The number of fused-ring (bicyclic) bond motifs is 1. The lowest BCUT2D eigenvalue weighted by atomic mass is 9.78. The molecule has 0 spiro atoms. The molecule has 3 amide bonds. The van der Waals surface area contributed by atoms with Gasteiger partial charge in [-0.25, -0.2) is 5.01 Å². The van der Waals surface area contributed by atoms with Gasteiger partial charge in [0.1, 0.15) is 6.54 Å². The molecule has 2 aliphatic rings.